The van der Waals surface area contributed by atoms with E-state index < -0.39 is 0 Å². The summed E-state index contributed by atoms with van der Waals surface area (Å²) in [5.74, 6) is 0.652. The van der Waals surface area contributed by atoms with Crippen LogP contribution < -0.4 is 5.73 Å². The number of rotatable bonds is 2. The first-order valence-corrected chi connectivity index (χ1v) is 5.90. The second kappa shape index (κ2) is 4.18. The number of ether oxygens (including phenoxy) is 1. The monoisotopic (exact) mass is 249 g/mol. The summed E-state index contributed by atoms with van der Waals surface area (Å²) in [5.41, 5.74) is 7.00. The first-order chi connectivity index (χ1) is 8.70. The van der Waals surface area contributed by atoms with Crippen LogP contribution in [0.2, 0.25) is 0 Å². The summed E-state index contributed by atoms with van der Waals surface area (Å²) < 4.78 is 7.64. The Morgan fingerprint density at radius 3 is 3.06 bits per heavy atom. The highest BCUT2D eigenvalue weighted by molar-refractivity contribution is 5.81. The van der Waals surface area contributed by atoms with Gasteiger partial charge in [-0.05, 0) is 6.42 Å². The van der Waals surface area contributed by atoms with Crippen molar-refractivity contribution in [1.82, 2.24) is 19.5 Å². The SMILES string of the molecule is C[C@H]1CC(CO)O[C@H]1n1cnc2c(N)ncnc21. The van der Waals surface area contributed by atoms with Gasteiger partial charge in [0, 0.05) is 5.92 Å². The molecule has 0 amide bonds. The molecule has 3 heterocycles. The number of aromatic nitrogens is 4. The van der Waals surface area contributed by atoms with Crippen molar-refractivity contribution in [1.29, 1.82) is 0 Å². The molecule has 1 fully saturated rings. The fraction of sp³-hybridized carbons (Fsp3) is 0.545. The third-order valence-corrected chi connectivity index (χ3v) is 3.32. The largest absolute Gasteiger partial charge is 0.394 e. The first-order valence-electron chi connectivity index (χ1n) is 5.90. The van der Waals surface area contributed by atoms with E-state index in [1.807, 2.05) is 4.57 Å². The number of anilines is 1. The molecule has 7 heteroatoms. The Morgan fingerprint density at radius 1 is 1.50 bits per heavy atom. The van der Waals surface area contributed by atoms with Crippen LogP contribution >= 0.6 is 0 Å². The number of nitrogens with zero attached hydrogens (tertiary/aromatic N) is 4. The number of nitrogen functional groups attached to an aromatic ring is 1. The number of aliphatic hydroxyl groups excluding tert-OH is 1. The van der Waals surface area contributed by atoms with Crippen molar-refractivity contribution in [2.24, 2.45) is 5.92 Å². The predicted octanol–water partition coefficient (Wildman–Crippen LogP) is 0.324. The molecule has 0 bridgehead atoms. The topological polar surface area (TPSA) is 99.1 Å². The van der Waals surface area contributed by atoms with Crippen LogP contribution in [0.4, 0.5) is 5.82 Å². The molecule has 1 aliphatic rings. The van der Waals surface area contributed by atoms with E-state index in [4.69, 9.17) is 15.6 Å². The molecule has 0 saturated carbocycles. The summed E-state index contributed by atoms with van der Waals surface area (Å²) in [6.45, 7) is 2.11. The zero-order valence-electron chi connectivity index (χ0n) is 10.0. The van der Waals surface area contributed by atoms with Gasteiger partial charge < -0.3 is 15.6 Å². The number of hydrogen-bond acceptors (Lipinski definition) is 6. The summed E-state index contributed by atoms with van der Waals surface area (Å²) in [6, 6.07) is 0. The van der Waals surface area contributed by atoms with Crippen molar-refractivity contribution in [2.75, 3.05) is 12.3 Å². The van der Waals surface area contributed by atoms with Gasteiger partial charge in [0.25, 0.3) is 0 Å². The van der Waals surface area contributed by atoms with Gasteiger partial charge in [0.2, 0.25) is 0 Å². The maximum absolute atomic E-state index is 9.16. The predicted molar refractivity (Wildman–Crippen MR) is 64.5 cm³/mol. The van der Waals surface area contributed by atoms with E-state index in [1.165, 1.54) is 6.33 Å². The Labute approximate surface area is 104 Å². The highest BCUT2D eigenvalue weighted by Gasteiger charge is 2.34. The minimum atomic E-state index is -0.165. The van der Waals surface area contributed by atoms with Gasteiger partial charge in [-0.1, -0.05) is 6.92 Å². The molecule has 0 aromatic carbocycles. The van der Waals surface area contributed by atoms with Crippen LogP contribution in [0, 0.1) is 5.92 Å². The van der Waals surface area contributed by atoms with Crippen LogP contribution in [0.25, 0.3) is 11.2 Å². The molecule has 1 unspecified atom stereocenters. The van der Waals surface area contributed by atoms with Crippen LogP contribution in [0.15, 0.2) is 12.7 Å². The molecule has 2 aromatic rings. The van der Waals surface area contributed by atoms with Gasteiger partial charge >= 0.3 is 0 Å². The molecule has 0 spiro atoms. The normalized spacial score (nSPS) is 28.0. The Bertz CT molecular complexity index is 570. The first kappa shape index (κ1) is 11.4. The molecule has 18 heavy (non-hydrogen) atoms. The lowest BCUT2D eigenvalue weighted by molar-refractivity contribution is -0.0294. The Hall–Kier alpha value is -1.73. The smallest absolute Gasteiger partial charge is 0.167 e. The zero-order valence-corrected chi connectivity index (χ0v) is 10.0. The van der Waals surface area contributed by atoms with Crippen molar-refractivity contribution in [3.8, 4) is 0 Å². The summed E-state index contributed by atoms with van der Waals surface area (Å²) in [6.07, 6.45) is 3.61. The molecule has 3 rings (SSSR count). The number of hydrogen-bond donors (Lipinski definition) is 2. The average Bonchev–Trinajstić information content (AvgIpc) is 2.93. The lowest BCUT2D eigenvalue weighted by Gasteiger charge is -2.17. The van der Waals surface area contributed by atoms with Crippen molar-refractivity contribution >= 4 is 17.0 Å². The van der Waals surface area contributed by atoms with Gasteiger partial charge in [-0.15, -0.1) is 0 Å². The maximum atomic E-state index is 9.16. The average molecular weight is 249 g/mol. The lowest BCUT2D eigenvalue weighted by Crippen LogP contribution is -2.15. The third-order valence-electron chi connectivity index (χ3n) is 3.32. The van der Waals surface area contributed by atoms with Crippen LogP contribution in [0.3, 0.4) is 0 Å². The van der Waals surface area contributed by atoms with Gasteiger partial charge in [0.05, 0.1) is 19.0 Å². The molecule has 1 aliphatic heterocycles. The summed E-state index contributed by atoms with van der Waals surface area (Å²) in [4.78, 5) is 12.3. The maximum Gasteiger partial charge on any atom is 0.167 e. The number of fused-ring (bicyclic) bond motifs is 1. The Kier molecular flexibility index (Phi) is 2.64. The second-order valence-electron chi connectivity index (χ2n) is 4.63. The van der Waals surface area contributed by atoms with E-state index in [1.54, 1.807) is 6.33 Å². The summed E-state index contributed by atoms with van der Waals surface area (Å²) in [5, 5.41) is 9.16. The number of aliphatic hydroxyl groups is 1. The molecule has 7 nitrogen and oxygen atoms in total. The van der Waals surface area contributed by atoms with Crippen LogP contribution in [0.1, 0.15) is 19.6 Å². The van der Waals surface area contributed by atoms with E-state index in [9.17, 15) is 0 Å². The van der Waals surface area contributed by atoms with Gasteiger partial charge in [-0.2, -0.15) is 0 Å². The minimum absolute atomic E-state index is 0.0323. The van der Waals surface area contributed by atoms with Crippen molar-refractivity contribution in [3.63, 3.8) is 0 Å². The van der Waals surface area contributed by atoms with E-state index in [0.29, 0.717) is 17.0 Å². The molecular weight excluding hydrogens is 234 g/mol. The fourth-order valence-corrected chi connectivity index (χ4v) is 2.43. The van der Waals surface area contributed by atoms with E-state index in [0.717, 1.165) is 6.42 Å². The van der Waals surface area contributed by atoms with Crippen molar-refractivity contribution < 1.29 is 9.84 Å². The lowest BCUT2D eigenvalue weighted by atomic mass is 10.1. The molecule has 1 saturated heterocycles. The second-order valence-corrected chi connectivity index (χ2v) is 4.63. The highest BCUT2D eigenvalue weighted by Crippen LogP contribution is 2.35. The Balaban J connectivity index is 2.02. The van der Waals surface area contributed by atoms with Gasteiger partial charge in [0.15, 0.2) is 11.5 Å². The van der Waals surface area contributed by atoms with Gasteiger partial charge in [-0.3, -0.25) is 4.57 Å². The molecule has 3 N–H and O–H groups in total. The zero-order chi connectivity index (χ0) is 12.7. The van der Waals surface area contributed by atoms with Crippen LogP contribution in [0.5, 0.6) is 0 Å². The number of imidazole rings is 1. The molecule has 3 atom stereocenters. The number of nitrogens with two attached hydrogens (primary N) is 1. The molecular formula is C11H15N5O2. The van der Waals surface area contributed by atoms with Crippen molar-refractivity contribution in [2.45, 2.75) is 25.7 Å². The minimum Gasteiger partial charge on any atom is -0.394 e. The highest BCUT2D eigenvalue weighted by atomic mass is 16.5. The van der Waals surface area contributed by atoms with E-state index in [2.05, 4.69) is 21.9 Å². The Morgan fingerprint density at radius 2 is 2.33 bits per heavy atom. The van der Waals surface area contributed by atoms with Crippen LogP contribution in [-0.2, 0) is 4.74 Å². The van der Waals surface area contributed by atoms with Gasteiger partial charge in [-0.25, -0.2) is 15.0 Å². The van der Waals surface area contributed by atoms with Crippen LogP contribution in [-0.4, -0.2) is 37.3 Å². The quantitative estimate of drug-likeness (QED) is 0.795. The molecule has 96 valence electrons. The molecule has 0 radical (unpaired) electrons. The van der Waals surface area contributed by atoms with E-state index in [-0.39, 0.29) is 24.9 Å². The standard InChI is InChI=1S/C11H15N5O2/c1-6-2-7(3-17)18-11(6)16-5-15-8-9(12)13-4-14-10(8)16/h4-7,11,17H,2-3H2,1H3,(H2,12,13,14)/t6-,7?,11+/m0/s1. The molecule has 2 aromatic heterocycles. The van der Waals surface area contributed by atoms with E-state index >= 15 is 0 Å². The summed E-state index contributed by atoms with van der Waals surface area (Å²) >= 11 is 0. The summed E-state index contributed by atoms with van der Waals surface area (Å²) in [7, 11) is 0. The fourth-order valence-electron chi connectivity index (χ4n) is 2.43. The van der Waals surface area contributed by atoms with Crippen molar-refractivity contribution in [3.05, 3.63) is 12.7 Å². The third kappa shape index (κ3) is 1.63. The van der Waals surface area contributed by atoms with Gasteiger partial charge in [0.1, 0.15) is 18.1 Å². The molecule has 0 aliphatic carbocycles.